The van der Waals surface area contributed by atoms with Crippen LogP contribution < -0.4 is 0 Å². The van der Waals surface area contributed by atoms with E-state index in [2.05, 4.69) is 27.4 Å². The number of hydrogen-bond donors (Lipinski definition) is 0. The number of rotatable bonds is 7. The standard InChI is InChI=1S/C12H24/c1-5-7-8-9-10-12(6-2)11(3)4/h12H,3,5-10H2,1-2,4H3. The van der Waals surface area contributed by atoms with Gasteiger partial charge >= 0.3 is 0 Å². The molecule has 0 heteroatoms. The Hall–Kier alpha value is -0.260. The molecule has 0 aromatic rings. The Morgan fingerprint density at radius 2 is 1.83 bits per heavy atom. The van der Waals surface area contributed by atoms with Gasteiger partial charge in [0, 0.05) is 0 Å². The molecule has 0 saturated carbocycles. The highest BCUT2D eigenvalue weighted by Crippen LogP contribution is 2.20. The van der Waals surface area contributed by atoms with E-state index in [4.69, 9.17) is 0 Å². The van der Waals surface area contributed by atoms with Gasteiger partial charge in [0.1, 0.15) is 0 Å². The third-order valence-electron chi connectivity index (χ3n) is 2.60. The largest absolute Gasteiger partial charge is 0.0999 e. The average molecular weight is 168 g/mol. The predicted molar refractivity (Wildman–Crippen MR) is 57.4 cm³/mol. The first-order chi connectivity index (χ1) is 5.72. The molecule has 0 N–H and O–H groups in total. The van der Waals surface area contributed by atoms with Gasteiger partial charge in [0.25, 0.3) is 0 Å². The molecule has 0 aliphatic rings. The van der Waals surface area contributed by atoms with Gasteiger partial charge in [-0.1, -0.05) is 51.7 Å². The molecule has 0 amide bonds. The molecule has 0 nitrogen and oxygen atoms in total. The highest BCUT2D eigenvalue weighted by atomic mass is 14.1. The highest BCUT2D eigenvalue weighted by Gasteiger charge is 2.05. The summed E-state index contributed by atoms with van der Waals surface area (Å²) in [5, 5.41) is 0. The first-order valence-corrected chi connectivity index (χ1v) is 5.37. The Balaban J connectivity index is 3.38. The molecule has 72 valence electrons. The maximum atomic E-state index is 4.03. The number of allylic oxidation sites excluding steroid dienone is 1. The number of hydrogen-bond acceptors (Lipinski definition) is 0. The Bertz CT molecular complexity index is 113. The Morgan fingerprint density at radius 3 is 2.25 bits per heavy atom. The van der Waals surface area contributed by atoms with E-state index < -0.39 is 0 Å². The monoisotopic (exact) mass is 168 g/mol. The van der Waals surface area contributed by atoms with E-state index in [0.717, 1.165) is 5.92 Å². The van der Waals surface area contributed by atoms with Crippen molar-refractivity contribution in [2.45, 2.75) is 59.3 Å². The second kappa shape index (κ2) is 7.39. The van der Waals surface area contributed by atoms with E-state index in [1.807, 2.05) is 0 Å². The molecule has 0 spiro atoms. The van der Waals surface area contributed by atoms with Gasteiger partial charge in [-0.3, -0.25) is 0 Å². The molecule has 0 aromatic carbocycles. The van der Waals surface area contributed by atoms with Crippen LogP contribution in [-0.2, 0) is 0 Å². The molecule has 0 aliphatic carbocycles. The van der Waals surface area contributed by atoms with Crippen LogP contribution in [0.1, 0.15) is 59.3 Å². The fraction of sp³-hybridized carbons (Fsp3) is 0.833. The summed E-state index contributed by atoms with van der Waals surface area (Å²) in [4.78, 5) is 0. The summed E-state index contributed by atoms with van der Waals surface area (Å²) < 4.78 is 0. The van der Waals surface area contributed by atoms with E-state index in [1.54, 1.807) is 0 Å². The summed E-state index contributed by atoms with van der Waals surface area (Å²) >= 11 is 0. The summed E-state index contributed by atoms with van der Waals surface area (Å²) in [7, 11) is 0. The van der Waals surface area contributed by atoms with Crippen molar-refractivity contribution in [3.05, 3.63) is 12.2 Å². The van der Waals surface area contributed by atoms with Crippen molar-refractivity contribution in [1.82, 2.24) is 0 Å². The summed E-state index contributed by atoms with van der Waals surface area (Å²) in [5.41, 5.74) is 1.37. The Labute approximate surface area is 78.1 Å². The third kappa shape index (κ3) is 5.40. The van der Waals surface area contributed by atoms with Crippen LogP contribution in [0.2, 0.25) is 0 Å². The van der Waals surface area contributed by atoms with E-state index in [0.29, 0.717) is 0 Å². The minimum atomic E-state index is 0.779. The normalized spacial score (nSPS) is 12.9. The second-order valence-corrected chi connectivity index (χ2v) is 3.80. The topological polar surface area (TPSA) is 0 Å². The van der Waals surface area contributed by atoms with Gasteiger partial charge in [-0.05, 0) is 25.7 Å². The smallest absolute Gasteiger partial charge is 0.0211 e. The van der Waals surface area contributed by atoms with Crippen molar-refractivity contribution < 1.29 is 0 Å². The molecular weight excluding hydrogens is 144 g/mol. The molecule has 0 saturated heterocycles. The predicted octanol–water partition coefficient (Wildman–Crippen LogP) is 4.56. The molecule has 0 fully saturated rings. The molecule has 0 aromatic heterocycles. The van der Waals surface area contributed by atoms with Crippen molar-refractivity contribution >= 4 is 0 Å². The van der Waals surface area contributed by atoms with Crippen LogP contribution in [0, 0.1) is 5.92 Å². The van der Waals surface area contributed by atoms with Gasteiger partial charge in [-0.25, -0.2) is 0 Å². The van der Waals surface area contributed by atoms with Gasteiger partial charge < -0.3 is 0 Å². The van der Waals surface area contributed by atoms with Crippen LogP contribution >= 0.6 is 0 Å². The van der Waals surface area contributed by atoms with Crippen LogP contribution in [0.25, 0.3) is 0 Å². The SMILES string of the molecule is C=C(C)C(CC)CCCCCC. The maximum absolute atomic E-state index is 4.03. The lowest BCUT2D eigenvalue weighted by atomic mass is 9.92. The van der Waals surface area contributed by atoms with Crippen molar-refractivity contribution in [3.63, 3.8) is 0 Å². The molecule has 0 rings (SSSR count). The van der Waals surface area contributed by atoms with Crippen molar-refractivity contribution in [2.24, 2.45) is 5.92 Å². The first-order valence-electron chi connectivity index (χ1n) is 5.37. The molecule has 1 unspecified atom stereocenters. The summed E-state index contributed by atoms with van der Waals surface area (Å²) in [6.07, 6.45) is 8.14. The minimum absolute atomic E-state index is 0.779. The van der Waals surface area contributed by atoms with Crippen LogP contribution in [0.4, 0.5) is 0 Å². The first kappa shape index (κ1) is 11.7. The quantitative estimate of drug-likeness (QED) is 0.386. The molecule has 12 heavy (non-hydrogen) atoms. The lowest BCUT2D eigenvalue weighted by Gasteiger charge is -2.13. The molecule has 0 heterocycles. The van der Waals surface area contributed by atoms with Crippen molar-refractivity contribution in [1.29, 1.82) is 0 Å². The van der Waals surface area contributed by atoms with E-state index in [9.17, 15) is 0 Å². The zero-order valence-electron chi connectivity index (χ0n) is 9.03. The van der Waals surface area contributed by atoms with Gasteiger partial charge in [0.15, 0.2) is 0 Å². The second-order valence-electron chi connectivity index (χ2n) is 3.80. The van der Waals surface area contributed by atoms with E-state index in [-0.39, 0.29) is 0 Å². The summed E-state index contributed by atoms with van der Waals surface area (Å²) in [5.74, 6) is 0.779. The van der Waals surface area contributed by atoms with Crippen LogP contribution in [0.15, 0.2) is 12.2 Å². The molecular formula is C12H24. The van der Waals surface area contributed by atoms with Gasteiger partial charge in [-0.15, -0.1) is 0 Å². The van der Waals surface area contributed by atoms with Crippen LogP contribution in [0.5, 0.6) is 0 Å². The zero-order chi connectivity index (χ0) is 9.40. The summed E-state index contributed by atoms with van der Waals surface area (Å²) in [6.45, 7) is 10.7. The van der Waals surface area contributed by atoms with Gasteiger partial charge in [0.2, 0.25) is 0 Å². The summed E-state index contributed by atoms with van der Waals surface area (Å²) in [6, 6.07) is 0. The lowest BCUT2D eigenvalue weighted by Crippen LogP contribution is -1.99. The molecule has 0 radical (unpaired) electrons. The molecule has 0 aliphatic heterocycles. The fourth-order valence-corrected chi connectivity index (χ4v) is 1.62. The third-order valence-corrected chi connectivity index (χ3v) is 2.60. The zero-order valence-corrected chi connectivity index (χ0v) is 9.03. The van der Waals surface area contributed by atoms with E-state index in [1.165, 1.54) is 44.1 Å². The van der Waals surface area contributed by atoms with Crippen molar-refractivity contribution in [2.75, 3.05) is 0 Å². The Kier molecular flexibility index (Phi) is 7.23. The fourth-order valence-electron chi connectivity index (χ4n) is 1.62. The van der Waals surface area contributed by atoms with Crippen LogP contribution in [0.3, 0.4) is 0 Å². The number of unbranched alkanes of at least 4 members (excludes halogenated alkanes) is 3. The molecule has 0 bridgehead atoms. The average Bonchev–Trinajstić information content (AvgIpc) is 2.04. The maximum Gasteiger partial charge on any atom is -0.0211 e. The highest BCUT2D eigenvalue weighted by molar-refractivity contribution is 4.95. The molecule has 1 atom stereocenters. The lowest BCUT2D eigenvalue weighted by molar-refractivity contribution is 0.498. The minimum Gasteiger partial charge on any atom is -0.0999 e. The van der Waals surface area contributed by atoms with Crippen molar-refractivity contribution in [3.8, 4) is 0 Å². The Morgan fingerprint density at radius 1 is 1.17 bits per heavy atom. The van der Waals surface area contributed by atoms with Crippen LogP contribution in [-0.4, -0.2) is 0 Å². The van der Waals surface area contributed by atoms with E-state index >= 15 is 0 Å². The van der Waals surface area contributed by atoms with Gasteiger partial charge in [-0.2, -0.15) is 0 Å². The van der Waals surface area contributed by atoms with Gasteiger partial charge in [0.05, 0.1) is 0 Å².